The first-order valence-electron chi connectivity index (χ1n) is 7.75. The number of allylic oxidation sites excluding steroid dienone is 1. The fraction of sp³-hybridized carbons (Fsp3) is 0.500. The van der Waals surface area contributed by atoms with E-state index in [2.05, 4.69) is 11.8 Å². The Kier molecular flexibility index (Phi) is 8.77. The van der Waals surface area contributed by atoms with Crippen LogP contribution in [0.25, 0.3) is 6.08 Å². The monoisotopic (exact) mass is 341 g/mol. The summed E-state index contributed by atoms with van der Waals surface area (Å²) < 4.78 is 0. The van der Waals surface area contributed by atoms with E-state index in [0.717, 1.165) is 24.9 Å². The van der Waals surface area contributed by atoms with Gasteiger partial charge in [-0.1, -0.05) is 55.5 Å². The third-order valence-corrected chi connectivity index (χ3v) is 4.10. The van der Waals surface area contributed by atoms with E-state index >= 15 is 0 Å². The van der Waals surface area contributed by atoms with Crippen molar-refractivity contribution in [2.24, 2.45) is 5.92 Å². The quantitative estimate of drug-likeness (QED) is 0.446. The fourth-order valence-electron chi connectivity index (χ4n) is 2.35. The van der Waals surface area contributed by atoms with E-state index in [0.29, 0.717) is 10.0 Å². The molecule has 0 saturated carbocycles. The highest BCUT2D eigenvalue weighted by molar-refractivity contribution is 6.35. The van der Waals surface area contributed by atoms with Gasteiger partial charge in [0.05, 0.1) is 0 Å². The third-order valence-electron chi connectivity index (χ3n) is 3.53. The second kappa shape index (κ2) is 10.0. The molecule has 0 aliphatic heterocycles. The number of carbonyl (C=O) groups excluding carboxylic acids is 1. The smallest absolute Gasteiger partial charge is 0.160 e. The fourth-order valence-corrected chi connectivity index (χ4v) is 2.82. The Morgan fingerprint density at radius 1 is 1.27 bits per heavy atom. The second-order valence-corrected chi connectivity index (χ2v) is 6.70. The van der Waals surface area contributed by atoms with Gasteiger partial charge in [0.15, 0.2) is 5.78 Å². The Morgan fingerprint density at radius 3 is 2.59 bits per heavy atom. The van der Waals surface area contributed by atoms with Crippen molar-refractivity contribution in [3.8, 4) is 0 Å². The predicted octanol–water partition coefficient (Wildman–Crippen LogP) is 5.33. The Hall–Kier alpha value is -0.830. The van der Waals surface area contributed by atoms with Crippen molar-refractivity contribution in [1.82, 2.24) is 4.90 Å². The van der Waals surface area contributed by atoms with Crippen LogP contribution in [-0.4, -0.2) is 31.3 Å². The molecule has 0 bridgehead atoms. The predicted molar refractivity (Wildman–Crippen MR) is 96.7 cm³/mol. The minimum Gasteiger partial charge on any atom is -0.309 e. The topological polar surface area (TPSA) is 20.3 Å². The van der Waals surface area contributed by atoms with Crippen LogP contribution < -0.4 is 0 Å². The SMILES string of the molecule is CCCCC[C@H](CN(C)C)C(=O)/C=C\c1ccc(Cl)cc1Cl. The maximum Gasteiger partial charge on any atom is 0.160 e. The second-order valence-electron chi connectivity index (χ2n) is 5.86. The van der Waals surface area contributed by atoms with E-state index < -0.39 is 0 Å². The lowest BCUT2D eigenvalue weighted by atomic mass is 9.95. The Morgan fingerprint density at radius 2 is 2.00 bits per heavy atom. The Balaban J connectivity index is 2.73. The number of benzene rings is 1. The first-order valence-corrected chi connectivity index (χ1v) is 8.51. The first kappa shape index (κ1) is 19.2. The van der Waals surface area contributed by atoms with Gasteiger partial charge < -0.3 is 4.90 Å². The number of halogens is 2. The van der Waals surface area contributed by atoms with Gasteiger partial charge in [-0.15, -0.1) is 0 Å². The molecule has 1 atom stereocenters. The molecule has 0 fully saturated rings. The van der Waals surface area contributed by atoms with Gasteiger partial charge >= 0.3 is 0 Å². The van der Waals surface area contributed by atoms with Crippen molar-refractivity contribution in [3.05, 3.63) is 39.9 Å². The van der Waals surface area contributed by atoms with Crippen LogP contribution in [0.15, 0.2) is 24.3 Å². The molecule has 0 aliphatic rings. The van der Waals surface area contributed by atoms with Crippen LogP contribution in [-0.2, 0) is 4.79 Å². The highest BCUT2D eigenvalue weighted by atomic mass is 35.5. The van der Waals surface area contributed by atoms with Gasteiger partial charge in [-0.25, -0.2) is 0 Å². The van der Waals surface area contributed by atoms with Gasteiger partial charge in [-0.3, -0.25) is 4.79 Å². The molecular weight excluding hydrogens is 317 g/mol. The van der Waals surface area contributed by atoms with Crippen molar-refractivity contribution in [1.29, 1.82) is 0 Å². The van der Waals surface area contributed by atoms with Gasteiger partial charge in [0.1, 0.15) is 0 Å². The lowest BCUT2D eigenvalue weighted by Gasteiger charge is -2.18. The molecule has 0 heterocycles. The van der Waals surface area contributed by atoms with Crippen molar-refractivity contribution in [3.63, 3.8) is 0 Å². The van der Waals surface area contributed by atoms with E-state index in [1.54, 1.807) is 24.3 Å². The molecule has 0 aromatic heterocycles. The van der Waals surface area contributed by atoms with Crippen LogP contribution in [0.5, 0.6) is 0 Å². The van der Waals surface area contributed by atoms with Crippen molar-refractivity contribution >= 4 is 35.1 Å². The summed E-state index contributed by atoms with van der Waals surface area (Å²) in [7, 11) is 4.00. The summed E-state index contributed by atoms with van der Waals surface area (Å²) in [5, 5.41) is 1.16. The maximum atomic E-state index is 12.4. The normalized spacial score (nSPS) is 13.0. The van der Waals surface area contributed by atoms with Crippen LogP contribution in [0.4, 0.5) is 0 Å². The molecule has 1 aromatic rings. The Labute approximate surface area is 144 Å². The number of unbranched alkanes of at least 4 members (excludes halogenated alkanes) is 2. The number of hydrogen-bond donors (Lipinski definition) is 0. The molecule has 0 saturated heterocycles. The molecule has 0 N–H and O–H groups in total. The zero-order valence-corrected chi connectivity index (χ0v) is 15.1. The van der Waals surface area contributed by atoms with Crippen molar-refractivity contribution in [2.75, 3.05) is 20.6 Å². The summed E-state index contributed by atoms with van der Waals surface area (Å²) in [5.74, 6) is 0.208. The largest absolute Gasteiger partial charge is 0.309 e. The molecule has 122 valence electrons. The van der Waals surface area contributed by atoms with Crippen LogP contribution >= 0.6 is 23.2 Å². The average Bonchev–Trinajstić information content (AvgIpc) is 2.45. The van der Waals surface area contributed by atoms with E-state index in [1.165, 1.54) is 12.8 Å². The average molecular weight is 342 g/mol. The molecule has 22 heavy (non-hydrogen) atoms. The van der Waals surface area contributed by atoms with Crippen molar-refractivity contribution < 1.29 is 4.79 Å². The van der Waals surface area contributed by atoms with Crippen LogP contribution in [0, 0.1) is 5.92 Å². The van der Waals surface area contributed by atoms with Crippen LogP contribution in [0.1, 0.15) is 38.2 Å². The summed E-state index contributed by atoms with van der Waals surface area (Å²) in [6.07, 6.45) is 7.79. The van der Waals surface area contributed by atoms with Crippen LogP contribution in [0.2, 0.25) is 10.0 Å². The molecule has 1 rings (SSSR count). The molecule has 0 aliphatic carbocycles. The lowest BCUT2D eigenvalue weighted by molar-refractivity contribution is -0.118. The van der Waals surface area contributed by atoms with E-state index in [4.69, 9.17) is 23.2 Å². The molecule has 4 heteroatoms. The number of ketones is 1. The number of rotatable bonds is 9. The highest BCUT2D eigenvalue weighted by Gasteiger charge is 2.16. The number of nitrogens with zero attached hydrogens (tertiary/aromatic N) is 1. The Bertz CT molecular complexity index is 512. The minimum atomic E-state index is 0.0453. The molecule has 0 spiro atoms. The summed E-state index contributed by atoms with van der Waals surface area (Å²) >= 11 is 12.0. The maximum absolute atomic E-state index is 12.4. The lowest BCUT2D eigenvalue weighted by Crippen LogP contribution is -2.27. The van der Waals surface area contributed by atoms with Gasteiger partial charge in [-0.2, -0.15) is 0 Å². The molecule has 2 nitrogen and oxygen atoms in total. The summed E-state index contributed by atoms with van der Waals surface area (Å²) in [6.45, 7) is 2.95. The number of carbonyl (C=O) groups is 1. The third kappa shape index (κ3) is 6.95. The van der Waals surface area contributed by atoms with Gasteiger partial charge in [0.2, 0.25) is 0 Å². The minimum absolute atomic E-state index is 0.0453. The number of hydrogen-bond acceptors (Lipinski definition) is 2. The van der Waals surface area contributed by atoms with Crippen molar-refractivity contribution in [2.45, 2.75) is 32.6 Å². The highest BCUT2D eigenvalue weighted by Crippen LogP contribution is 2.22. The molecule has 0 unspecified atom stereocenters. The van der Waals surface area contributed by atoms with E-state index in [-0.39, 0.29) is 11.7 Å². The molecular formula is C18H25Cl2NO. The molecule has 0 radical (unpaired) electrons. The summed E-state index contributed by atoms with van der Waals surface area (Å²) in [5.41, 5.74) is 0.816. The van der Waals surface area contributed by atoms with Gasteiger partial charge in [0.25, 0.3) is 0 Å². The zero-order valence-electron chi connectivity index (χ0n) is 13.6. The first-order chi connectivity index (χ1) is 10.4. The molecule has 0 amide bonds. The molecule has 1 aromatic carbocycles. The summed E-state index contributed by atoms with van der Waals surface area (Å²) in [4.78, 5) is 14.5. The zero-order chi connectivity index (χ0) is 16.5. The van der Waals surface area contributed by atoms with Gasteiger partial charge in [0, 0.05) is 22.5 Å². The van der Waals surface area contributed by atoms with Crippen LogP contribution in [0.3, 0.4) is 0 Å². The standard InChI is InChI=1S/C18H25Cl2NO/c1-4-5-6-7-15(13-21(2)3)18(22)11-9-14-8-10-16(19)12-17(14)20/h8-12,15H,4-7,13H2,1-3H3/b11-9-/t15-/m1/s1. The van der Waals surface area contributed by atoms with Gasteiger partial charge in [-0.05, 0) is 50.4 Å². The van der Waals surface area contributed by atoms with E-state index in [1.807, 2.05) is 20.2 Å². The van der Waals surface area contributed by atoms with E-state index in [9.17, 15) is 4.79 Å². The summed E-state index contributed by atoms with van der Waals surface area (Å²) in [6, 6.07) is 5.29.